The molecule has 0 aromatic heterocycles. The van der Waals surface area contributed by atoms with Gasteiger partial charge in [-0.3, -0.25) is 9.59 Å². The summed E-state index contributed by atoms with van der Waals surface area (Å²) in [5.41, 5.74) is 0.988. The molecule has 0 unspecified atom stereocenters. The second kappa shape index (κ2) is 7.56. The minimum absolute atomic E-state index is 0.0610. The minimum Gasteiger partial charge on any atom is -0.462 e. The third-order valence-electron chi connectivity index (χ3n) is 3.20. The summed E-state index contributed by atoms with van der Waals surface area (Å²) in [5.74, 6) is -0.832. The molecule has 0 radical (unpaired) electrons. The quantitative estimate of drug-likeness (QED) is 0.679. The van der Waals surface area contributed by atoms with E-state index in [1.54, 1.807) is 31.2 Å². The van der Waals surface area contributed by atoms with Crippen molar-refractivity contribution >= 4 is 23.5 Å². The van der Waals surface area contributed by atoms with Crippen LogP contribution in [0.25, 0.3) is 0 Å². The lowest BCUT2D eigenvalue weighted by Crippen LogP contribution is -2.53. The van der Waals surface area contributed by atoms with Crippen LogP contribution < -0.4 is 16.0 Å². The number of rotatable bonds is 5. The van der Waals surface area contributed by atoms with Gasteiger partial charge in [0, 0.05) is 18.8 Å². The highest BCUT2D eigenvalue weighted by Gasteiger charge is 2.23. The number of nitrogens with one attached hydrogen (secondary N) is 3. The molecule has 0 saturated carbocycles. The average molecular weight is 305 g/mol. The van der Waals surface area contributed by atoms with Gasteiger partial charge in [0.25, 0.3) is 0 Å². The van der Waals surface area contributed by atoms with Crippen LogP contribution in [-0.4, -0.2) is 43.5 Å². The van der Waals surface area contributed by atoms with Gasteiger partial charge in [-0.1, -0.05) is 0 Å². The molecule has 2 amide bonds. The minimum atomic E-state index is -0.507. The van der Waals surface area contributed by atoms with Crippen molar-refractivity contribution in [2.24, 2.45) is 0 Å². The predicted octanol–water partition coefficient (Wildman–Crippen LogP) is 0.280. The maximum absolute atomic E-state index is 11.9. The van der Waals surface area contributed by atoms with E-state index in [-0.39, 0.29) is 18.2 Å². The second-order valence-corrected chi connectivity index (χ2v) is 4.85. The first kappa shape index (κ1) is 16.0. The molecule has 1 heterocycles. The molecular formula is C15H19N3O4. The zero-order valence-electron chi connectivity index (χ0n) is 12.3. The van der Waals surface area contributed by atoms with Crippen LogP contribution >= 0.6 is 0 Å². The van der Waals surface area contributed by atoms with E-state index in [1.165, 1.54) is 0 Å². The molecular weight excluding hydrogens is 286 g/mol. The Morgan fingerprint density at radius 1 is 1.27 bits per heavy atom. The van der Waals surface area contributed by atoms with E-state index in [9.17, 15) is 14.4 Å². The van der Waals surface area contributed by atoms with Crippen LogP contribution in [0, 0.1) is 0 Å². The first-order valence-corrected chi connectivity index (χ1v) is 7.18. The summed E-state index contributed by atoms with van der Waals surface area (Å²) in [4.78, 5) is 35.0. The molecule has 118 valence electrons. The Balaban J connectivity index is 1.88. The third kappa shape index (κ3) is 4.29. The first-order chi connectivity index (χ1) is 10.6. The number of carbonyl (C=O) groups is 3. The Morgan fingerprint density at radius 2 is 2.00 bits per heavy atom. The highest BCUT2D eigenvalue weighted by molar-refractivity contribution is 5.96. The summed E-state index contributed by atoms with van der Waals surface area (Å²) in [6.07, 6.45) is 0.0610. The van der Waals surface area contributed by atoms with Crippen LogP contribution in [0.4, 0.5) is 5.69 Å². The van der Waals surface area contributed by atoms with Gasteiger partial charge in [-0.2, -0.15) is 0 Å². The monoisotopic (exact) mass is 305 g/mol. The van der Waals surface area contributed by atoms with E-state index in [4.69, 9.17) is 4.74 Å². The van der Waals surface area contributed by atoms with Gasteiger partial charge < -0.3 is 20.7 Å². The maximum Gasteiger partial charge on any atom is 0.338 e. The fourth-order valence-corrected chi connectivity index (χ4v) is 2.11. The Morgan fingerprint density at radius 3 is 2.64 bits per heavy atom. The van der Waals surface area contributed by atoms with Gasteiger partial charge in [-0.15, -0.1) is 0 Å². The SMILES string of the molecule is CCOC(=O)c1ccc(NC(=O)C[C@@H]2NCCNC2=O)cc1. The van der Waals surface area contributed by atoms with Crippen molar-refractivity contribution in [3.63, 3.8) is 0 Å². The number of esters is 1. The van der Waals surface area contributed by atoms with E-state index in [0.29, 0.717) is 30.9 Å². The van der Waals surface area contributed by atoms with Gasteiger partial charge in [0.15, 0.2) is 0 Å². The van der Waals surface area contributed by atoms with E-state index >= 15 is 0 Å². The largest absolute Gasteiger partial charge is 0.462 e. The molecule has 1 aromatic carbocycles. The lowest BCUT2D eigenvalue weighted by atomic mass is 10.1. The lowest BCUT2D eigenvalue weighted by Gasteiger charge is -2.22. The predicted molar refractivity (Wildman–Crippen MR) is 80.4 cm³/mol. The van der Waals surface area contributed by atoms with Crippen molar-refractivity contribution in [1.82, 2.24) is 10.6 Å². The van der Waals surface area contributed by atoms with Crippen LogP contribution in [0.2, 0.25) is 0 Å². The van der Waals surface area contributed by atoms with Crippen LogP contribution in [0.5, 0.6) is 0 Å². The molecule has 7 nitrogen and oxygen atoms in total. The summed E-state index contributed by atoms with van der Waals surface area (Å²) in [6.45, 7) is 3.28. The van der Waals surface area contributed by atoms with Crippen molar-refractivity contribution in [3.8, 4) is 0 Å². The molecule has 0 spiro atoms. The zero-order chi connectivity index (χ0) is 15.9. The van der Waals surface area contributed by atoms with Crippen LogP contribution in [0.1, 0.15) is 23.7 Å². The van der Waals surface area contributed by atoms with Gasteiger partial charge in [-0.05, 0) is 31.2 Å². The number of amides is 2. The van der Waals surface area contributed by atoms with E-state index < -0.39 is 12.0 Å². The third-order valence-corrected chi connectivity index (χ3v) is 3.20. The van der Waals surface area contributed by atoms with Crippen molar-refractivity contribution in [2.45, 2.75) is 19.4 Å². The van der Waals surface area contributed by atoms with Gasteiger partial charge in [0.2, 0.25) is 11.8 Å². The van der Waals surface area contributed by atoms with E-state index in [2.05, 4.69) is 16.0 Å². The highest BCUT2D eigenvalue weighted by Crippen LogP contribution is 2.11. The van der Waals surface area contributed by atoms with E-state index in [1.807, 2.05) is 0 Å². The molecule has 22 heavy (non-hydrogen) atoms. The van der Waals surface area contributed by atoms with Crippen molar-refractivity contribution in [1.29, 1.82) is 0 Å². The number of ether oxygens (including phenoxy) is 1. The van der Waals surface area contributed by atoms with Gasteiger partial charge in [-0.25, -0.2) is 4.79 Å². The van der Waals surface area contributed by atoms with Crippen LogP contribution in [0.15, 0.2) is 24.3 Å². The molecule has 7 heteroatoms. The summed E-state index contributed by atoms with van der Waals surface area (Å²) in [6, 6.07) is 5.91. The number of hydrogen-bond acceptors (Lipinski definition) is 5. The molecule has 0 aliphatic carbocycles. The van der Waals surface area contributed by atoms with E-state index in [0.717, 1.165) is 0 Å². The standard InChI is InChI=1S/C15H19N3O4/c1-2-22-15(21)10-3-5-11(6-4-10)18-13(19)9-12-14(20)17-8-7-16-12/h3-6,12,16H,2,7-9H2,1H3,(H,17,20)(H,18,19)/t12-/m0/s1. The number of benzene rings is 1. The Kier molecular flexibility index (Phi) is 5.48. The maximum atomic E-state index is 11.9. The molecule has 1 aromatic rings. The molecule has 1 saturated heterocycles. The lowest BCUT2D eigenvalue weighted by molar-refractivity contribution is -0.127. The highest BCUT2D eigenvalue weighted by atomic mass is 16.5. The van der Waals surface area contributed by atoms with Crippen LogP contribution in [-0.2, 0) is 14.3 Å². The van der Waals surface area contributed by atoms with Gasteiger partial charge >= 0.3 is 5.97 Å². The number of piperazine rings is 1. The summed E-state index contributed by atoms with van der Waals surface area (Å²) < 4.78 is 4.88. The molecule has 3 N–H and O–H groups in total. The summed E-state index contributed by atoms with van der Waals surface area (Å²) >= 11 is 0. The van der Waals surface area contributed by atoms with Crippen LogP contribution in [0.3, 0.4) is 0 Å². The molecule has 1 aliphatic heterocycles. The van der Waals surface area contributed by atoms with Crippen molar-refractivity contribution in [2.75, 3.05) is 25.0 Å². The fraction of sp³-hybridized carbons (Fsp3) is 0.400. The second-order valence-electron chi connectivity index (χ2n) is 4.85. The number of hydrogen-bond donors (Lipinski definition) is 3. The number of carbonyl (C=O) groups excluding carboxylic acids is 3. The topological polar surface area (TPSA) is 96.5 Å². The molecule has 1 aliphatic rings. The summed E-state index contributed by atoms with van der Waals surface area (Å²) in [5, 5.41) is 8.39. The molecule has 1 fully saturated rings. The number of anilines is 1. The Labute approximate surface area is 128 Å². The summed E-state index contributed by atoms with van der Waals surface area (Å²) in [7, 11) is 0. The Hall–Kier alpha value is -2.41. The molecule has 1 atom stereocenters. The fourth-order valence-electron chi connectivity index (χ4n) is 2.11. The van der Waals surface area contributed by atoms with Crippen molar-refractivity contribution in [3.05, 3.63) is 29.8 Å². The van der Waals surface area contributed by atoms with Gasteiger partial charge in [0.1, 0.15) is 0 Å². The van der Waals surface area contributed by atoms with Crippen molar-refractivity contribution < 1.29 is 19.1 Å². The average Bonchev–Trinajstić information content (AvgIpc) is 2.50. The molecule has 2 rings (SSSR count). The van der Waals surface area contributed by atoms with Gasteiger partial charge in [0.05, 0.1) is 24.6 Å². The Bertz CT molecular complexity index is 556. The molecule has 0 bridgehead atoms. The first-order valence-electron chi connectivity index (χ1n) is 7.18. The smallest absolute Gasteiger partial charge is 0.338 e. The zero-order valence-corrected chi connectivity index (χ0v) is 12.3. The normalized spacial score (nSPS) is 17.5.